The van der Waals surface area contributed by atoms with Gasteiger partial charge in [-0.25, -0.2) is 0 Å². The van der Waals surface area contributed by atoms with E-state index in [1.807, 2.05) is 19.1 Å². The van der Waals surface area contributed by atoms with Gasteiger partial charge >= 0.3 is 0 Å². The van der Waals surface area contributed by atoms with E-state index < -0.39 is 0 Å². The molecule has 3 nitrogen and oxygen atoms in total. The number of hydrogen-bond acceptors (Lipinski definition) is 3. The summed E-state index contributed by atoms with van der Waals surface area (Å²) < 4.78 is 0. The van der Waals surface area contributed by atoms with Crippen LogP contribution in [0.4, 0.5) is 5.82 Å². The molecular formula is C12H19N3. The van der Waals surface area contributed by atoms with Gasteiger partial charge in [-0.3, -0.25) is 0 Å². The van der Waals surface area contributed by atoms with Gasteiger partial charge in [0, 0.05) is 6.54 Å². The van der Waals surface area contributed by atoms with Crippen molar-refractivity contribution in [2.24, 2.45) is 5.41 Å². The molecule has 1 aromatic heterocycles. The highest BCUT2D eigenvalue weighted by atomic mass is 15.2. The fraction of sp³-hybridized carbons (Fsp3) is 0.667. The van der Waals surface area contributed by atoms with Crippen molar-refractivity contribution in [3.05, 3.63) is 17.8 Å². The number of nitrogens with one attached hydrogen (secondary N) is 1. The second-order valence-corrected chi connectivity index (χ2v) is 4.93. The van der Waals surface area contributed by atoms with Gasteiger partial charge in [0.05, 0.1) is 5.69 Å². The van der Waals surface area contributed by atoms with Crippen molar-refractivity contribution in [3.8, 4) is 0 Å². The molecule has 1 heterocycles. The monoisotopic (exact) mass is 205 g/mol. The summed E-state index contributed by atoms with van der Waals surface area (Å²) in [5, 5.41) is 11.5. The first-order valence-corrected chi connectivity index (χ1v) is 5.72. The standard InChI is InChI=1S/C12H19N3/c1-10-5-6-11(15-14-10)13-9-12(2)7-3-4-8-12/h5-6H,3-4,7-9H2,1-2H3,(H,13,15). The lowest BCUT2D eigenvalue weighted by Crippen LogP contribution is -2.23. The molecule has 0 unspecified atom stereocenters. The lowest BCUT2D eigenvalue weighted by Gasteiger charge is -2.23. The Morgan fingerprint density at radius 3 is 2.60 bits per heavy atom. The molecule has 0 amide bonds. The van der Waals surface area contributed by atoms with E-state index in [1.54, 1.807) is 0 Å². The molecule has 1 aliphatic carbocycles. The molecule has 0 spiro atoms. The summed E-state index contributed by atoms with van der Waals surface area (Å²) in [7, 11) is 0. The number of rotatable bonds is 3. The second kappa shape index (κ2) is 4.17. The Hall–Kier alpha value is -1.12. The van der Waals surface area contributed by atoms with E-state index in [4.69, 9.17) is 0 Å². The number of hydrogen-bond donors (Lipinski definition) is 1. The molecule has 82 valence electrons. The Kier molecular flexibility index (Phi) is 2.89. The molecule has 2 rings (SSSR count). The predicted octanol–water partition coefficient (Wildman–Crippen LogP) is 2.78. The number of aryl methyl sites for hydroxylation is 1. The van der Waals surface area contributed by atoms with Gasteiger partial charge in [-0.05, 0) is 37.3 Å². The van der Waals surface area contributed by atoms with Gasteiger partial charge in [-0.15, -0.1) is 5.10 Å². The van der Waals surface area contributed by atoms with E-state index in [9.17, 15) is 0 Å². The van der Waals surface area contributed by atoms with Crippen LogP contribution in [0, 0.1) is 12.3 Å². The Labute approximate surface area is 91.3 Å². The van der Waals surface area contributed by atoms with E-state index in [2.05, 4.69) is 22.4 Å². The van der Waals surface area contributed by atoms with Crippen LogP contribution in [-0.4, -0.2) is 16.7 Å². The van der Waals surface area contributed by atoms with E-state index in [0.29, 0.717) is 5.41 Å². The smallest absolute Gasteiger partial charge is 0.148 e. The van der Waals surface area contributed by atoms with E-state index in [1.165, 1.54) is 25.7 Å². The second-order valence-electron chi connectivity index (χ2n) is 4.93. The van der Waals surface area contributed by atoms with Crippen LogP contribution in [0.25, 0.3) is 0 Å². The molecule has 0 aromatic carbocycles. The number of aromatic nitrogens is 2. The minimum absolute atomic E-state index is 0.465. The quantitative estimate of drug-likeness (QED) is 0.824. The fourth-order valence-corrected chi connectivity index (χ4v) is 2.20. The first kappa shape index (κ1) is 10.4. The maximum atomic E-state index is 4.11. The molecule has 3 heteroatoms. The average molecular weight is 205 g/mol. The summed E-state index contributed by atoms with van der Waals surface area (Å²) in [4.78, 5) is 0. The molecule has 1 aliphatic rings. The first-order valence-electron chi connectivity index (χ1n) is 5.72. The summed E-state index contributed by atoms with van der Waals surface area (Å²) >= 11 is 0. The molecule has 0 atom stereocenters. The Balaban J connectivity index is 1.90. The minimum Gasteiger partial charge on any atom is -0.368 e. The average Bonchev–Trinajstić information content (AvgIpc) is 2.65. The molecule has 1 aromatic rings. The third kappa shape index (κ3) is 2.67. The van der Waals surface area contributed by atoms with Crippen LogP contribution in [0.2, 0.25) is 0 Å². The zero-order valence-corrected chi connectivity index (χ0v) is 9.58. The highest BCUT2D eigenvalue weighted by Crippen LogP contribution is 2.37. The Bertz CT molecular complexity index is 312. The molecule has 0 aliphatic heterocycles. The van der Waals surface area contributed by atoms with Crippen LogP contribution < -0.4 is 5.32 Å². The first-order chi connectivity index (χ1) is 7.18. The molecule has 0 bridgehead atoms. The highest BCUT2D eigenvalue weighted by molar-refractivity contribution is 5.33. The summed E-state index contributed by atoms with van der Waals surface area (Å²) in [6, 6.07) is 3.99. The summed E-state index contributed by atoms with van der Waals surface area (Å²) in [5.41, 5.74) is 1.43. The van der Waals surface area contributed by atoms with Crippen LogP contribution in [0.3, 0.4) is 0 Å². The largest absolute Gasteiger partial charge is 0.368 e. The molecular weight excluding hydrogens is 186 g/mol. The lowest BCUT2D eigenvalue weighted by molar-refractivity contribution is 0.361. The molecule has 1 saturated carbocycles. The van der Waals surface area contributed by atoms with Gasteiger partial charge < -0.3 is 5.32 Å². The third-order valence-corrected chi connectivity index (χ3v) is 3.30. The van der Waals surface area contributed by atoms with Crippen molar-refractivity contribution in [3.63, 3.8) is 0 Å². The highest BCUT2D eigenvalue weighted by Gasteiger charge is 2.28. The molecule has 1 N–H and O–H groups in total. The zero-order chi connectivity index (χ0) is 10.7. The third-order valence-electron chi connectivity index (χ3n) is 3.30. The Morgan fingerprint density at radius 1 is 1.27 bits per heavy atom. The van der Waals surface area contributed by atoms with Crippen molar-refractivity contribution < 1.29 is 0 Å². The van der Waals surface area contributed by atoms with Crippen molar-refractivity contribution in [1.82, 2.24) is 10.2 Å². The summed E-state index contributed by atoms with van der Waals surface area (Å²) in [6.45, 7) is 5.33. The molecule has 15 heavy (non-hydrogen) atoms. The zero-order valence-electron chi connectivity index (χ0n) is 9.58. The molecule has 0 radical (unpaired) electrons. The number of nitrogens with zero attached hydrogens (tertiary/aromatic N) is 2. The minimum atomic E-state index is 0.465. The number of anilines is 1. The van der Waals surface area contributed by atoms with Crippen molar-refractivity contribution in [2.75, 3.05) is 11.9 Å². The molecule has 0 saturated heterocycles. The van der Waals surface area contributed by atoms with Gasteiger partial charge in [0.2, 0.25) is 0 Å². The van der Waals surface area contributed by atoms with Crippen molar-refractivity contribution in [1.29, 1.82) is 0 Å². The Morgan fingerprint density at radius 2 is 2.00 bits per heavy atom. The van der Waals surface area contributed by atoms with Gasteiger partial charge in [0.25, 0.3) is 0 Å². The normalized spacial score (nSPS) is 19.1. The van der Waals surface area contributed by atoms with Crippen LogP contribution in [-0.2, 0) is 0 Å². The van der Waals surface area contributed by atoms with Gasteiger partial charge in [-0.2, -0.15) is 5.10 Å². The fourth-order valence-electron chi connectivity index (χ4n) is 2.20. The van der Waals surface area contributed by atoms with Crippen LogP contribution in [0.5, 0.6) is 0 Å². The van der Waals surface area contributed by atoms with Crippen LogP contribution in [0.15, 0.2) is 12.1 Å². The van der Waals surface area contributed by atoms with Gasteiger partial charge in [0.1, 0.15) is 5.82 Å². The van der Waals surface area contributed by atoms with E-state index in [-0.39, 0.29) is 0 Å². The topological polar surface area (TPSA) is 37.8 Å². The summed E-state index contributed by atoms with van der Waals surface area (Å²) in [5.74, 6) is 0.897. The van der Waals surface area contributed by atoms with Crippen LogP contribution in [0.1, 0.15) is 38.3 Å². The van der Waals surface area contributed by atoms with Crippen molar-refractivity contribution >= 4 is 5.82 Å². The van der Waals surface area contributed by atoms with Crippen molar-refractivity contribution in [2.45, 2.75) is 39.5 Å². The van der Waals surface area contributed by atoms with Crippen LogP contribution >= 0.6 is 0 Å². The SMILES string of the molecule is Cc1ccc(NCC2(C)CCCC2)nn1. The van der Waals surface area contributed by atoms with E-state index in [0.717, 1.165) is 18.1 Å². The molecule has 1 fully saturated rings. The predicted molar refractivity (Wildman–Crippen MR) is 61.8 cm³/mol. The lowest BCUT2D eigenvalue weighted by atomic mass is 9.89. The maximum Gasteiger partial charge on any atom is 0.148 e. The maximum absolute atomic E-state index is 4.11. The van der Waals surface area contributed by atoms with Gasteiger partial charge in [-0.1, -0.05) is 19.8 Å². The summed E-state index contributed by atoms with van der Waals surface area (Å²) in [6.07, 6.45) is 5.41. The van der Waals surface area contributed by atoms with E-state index >= 15 is 0 Å². The van der Waals surface area contributed by atoms with Gasteiger partial charge in [0.15, 0.2) is 0 Å².